The maximum absolute atomic E-state index is 14.6. The van der Waals surface area contributed by atoms with Crippen molar-refractivity contribution < 1.29 is 37.7 Å². The van der Waals surface area contributed by atoms with Gasteiger partial charge in [-0.15, -0.1) is 0 Å². The van der Waals surface area contributed by atoms with Crippen LogP contribution in [0.3, 0.4) is 0 Å². The number of carbonyl (C=O) groups excluding carboxylic acids is 3. The van der Waals surface area contributed by atoms with Gasteiger partial charge in [-0.2, -0.15) is 0 Å². The zero-order valence-electron chi connectivity index (χ0n) is 16.8. The molecule has 0 atom stereocenters. The predicted molar refractivity (Wildman–Crippen MR) is 101 cm³/mol. The van der Waals surface area contributed by atoms with E-state index in [4.69, 9.17) is 14.2 Å². The first-order valence-electron chi connectivity index (χ1n) is 8.62. The fraction of sp³-hybridized carbons (Fsp3) is 0.421. The Hall–Kier alpha value is -3.14. The number of methoxy groups -OCH3 is 2. The normalized spacial score (nSPS) is 14.3. The first-order valence-corrected chi connectivity index (χ1v) is 8.62. The van der Waals surface area contributed by atoms with Gasteiger partial charge in [0.1, 0.15) is 23.8 Å². The summed E-state index contributed by atoms with van der Waals surface area (Å²) in [6.07, 6.45) is -0.732. The smallest absolute Gasteiger partial charge is 0.412 e. The van der Waals surface area contributed by atoms with Crippen molar-refractivity contribution in [2.24, 2.45) is 0 Å². The van der Waals surface area contributed by atoms with Gasteiger partial charge in [0.2, 0.25) is 0 Å². The summed E-state index contributed by atoms with van der Waals surface area (Å²) in [7, 11) is 2.28. The number of ether oxygens (including phenoxy) is 4. The second-order valence-corrected chi connectivity index (χ2v) is 7.01. The molecule has 1 heterocycles. The average Bonchev–Trinajstić information content (AvgIpc) is 2.66. The van der Waals surface area contributed by atoms with E-state index in [1.165, 1.54) is 12.1 Å². The summed E-state index contributed by atoms with van der Waals surface area (Å²) >= 11 is 0. The molecule has 0 unspecified atom stereocenters. The second-order valence-electron chi connectivity index (χ2n) is 7.01. The summed E-state index contributed by atoms with van der Waals surface area (Å²) in [6.45, 7) is 4.68. The number of nitrogens with one attached hydrogen (secondary N) is 1. The number of amides is 1. The Kier molecular flexibility index (Phi) is 6.80. The molecule has 1 aromatic carbocycles. The molecule has 0 saturated carbocycles. The average molecular weight is 410 g/mol. The summed E-state index contributed by atoms with van der Waals surface area (Å²) < 4.78 is 34.5. The number of benzene rings is 1. The number of hydrogen-bond acceptors (Lipinski definition) is 8. The third-order valence-electron chi connectivity index (χ3n) is 3.72. The van der Waals surface area contributed by atoms with Crippen LogP contribution in [0.1, 0.15) is 20.8 Å². The quantitative estimate of drug-likeness (QED) is 0.597. The van der Waals surface area contributed by atoms with E-state index >= 15 is 0 Å². The van der Waals surface area contributed by atoms with Crippen molar-refractivity contribution in [3.05, 3.63) is 35.3 Å². The number of anilines is 2. The molecule has 0 aromatic heterocycles. The van der Waals surface area contributed by atoms with Gasteiger partial charge in [-0.05, 0) is 39.0 Å². The van der Waals surface area contributed by atoms with E-state index < -0.39 is 29.5 Å². The highest BCUT2D eigenvalue weighted by Gasteiger charge is 2.33. The van der Waals surface area contributed by atoms with Crippen LogP contribution in [0.4, 0.5) is 20.6 Å². The van der Waals surface area contributed by atoms with Crippen LogP contribution in [0.2, 0.25) is 0 Å². The minimum absolute atomic E-state index is 0.111. The van der Waals surface area contributed by atoms with E-state index in [9.17, 15) is 18.8 Å². The van der Waals surface area contributed by atoms with Gasteiger partial charge in [0.15, 0.2) is 0 Å². The first kappa shape index (κ1) is 22.2. The van der Waals surface area contributed by atoms with Crippen molar-refractivity contribution >= 4 is 29.4 Å². The van der Waals surface area contributed by atoms with E-state index in [0.717, 1.165) is 25.2 Å². The molecule has 158 valence electrons. The minimum Gasteiger partial charge on any atom is -0.466 e. The van der Waals surface area contributed by atoms with Crippen LogP contribution in [0.25, 0.3) is 0 Å². The lowest BCUT2D eigenvalue weighted by molar-refractivity contribution is -0.140. The van der Waals surface area contributed by atoms with Crippen LogP contribution in [0, 0.1) is 5.82 Å². The zero-order chi connectivity index (χ0) is 21.8. The van der Waals surface area contributed by atoms with Crippen LogP contribution in [0.15, 0.2) is 29.5 Å². The van der Waals surface area contributed by atoms with E-state index in [-0.39, 0.29) is 36.0 Å². The van der Waals surface area contributed by atoms with Crippen molar-refractivity contribution in [1.29, 1.82) is 0 Å². The number of esters is 2. The van der Waals surface area contributed by atoms with Crippen molar-refractivity contribution in [3.63, 3.8) is 0 Å². The third kappa shape index (κ3) is 5.44. The summed E-state index contributed by atoms with van der Waals surface area (Å²) in [5.41, 5.74) is -0.941. The Bertz CT molecular complexity index is 845. The molecule has 0 fully saturated rings. The summed E-state index contributed by atoms with van der Waals surface area (Å²) in [5.74, 6) is -2.38. The van der Waals surface area contributed by atoms with Crippen molar-refractivity contribution in [2.75, 3.05) is 37.8 Å². The lowest BCUT2D eigenvalue weighted by Crippen LogP contribution is -2.39. The Labute approximate surface area is 167 Å². The van der Waals surface area contributed by atoms with Gasteiger partial charge in [-0.25, -0.2) is 18.8 Å². The molecule has 1 aliphatic rings. The zero-order valence-corrected chi connectivity index (χ0v) is 16.8. The van der Waals surface area contributed by atoms with Gasteiger partial charge in [0.05, 0.1) is 32.1 Å². The molecule has 1 amide bonds. The van der Waals surface area contributed by atoms with Gasteiger partial charge in [-0.1, -0.05) is 0 Å². The lowest BCUT2D eigenvalue weighted by Gasteiger charge is -2.31. The molecule has 0 spiro atoms. The molecule has 29 heavy (non-hydrogen) atoms. The van der Waals surface area contributed by atoms with Crippen molar-refractivity contribution in [1.82, 2.24) is 0 Å². The molecule has 0 radical (unpaired) electrons. The van der Waals surface area contributed by atoms with Crippen molar-refractivity contribution in [2.45, 2.75) is 26.4 Å². The lowest BCUT2D eigenvalue weighted by atomic mass is 10.1. The molecule has 1 aromatic rings. The largest absolute Gasteiger partial charge is 0.466 e. The topological polar surface area (TPSA) is 103 Å². The second kappa shape index (κ2) is 8.91. The van der Waals surface area contributed by atoms with E-state index in [0.29, 0.717) is 0 Å². The Balaban J connectivity index is 2.44. The molecular weight excluding hydrogens is 387 g/mol. The molecule has 0 aliphatic carbocycles. The molecule has 0 saturated heterocycles. The van der Waals surface area contributed by atoms with Crippen LogP contribution in [-0.2, 0) is 28.5 Å². The number of rotatable bonds is 4. The number of carbonyl (C=O) groups is 3. The van der Waals surface area contributed by atoms with Crippen LogP contribution >= 0.6 is 0 Å². The summed E-state index contributed by atoms with van der Waals surface area (Å²) in [4.78, 5) is 37.5. The fourth-order valence-corrected chi connectivity index (χ4v) is 2.55. The highest BCUT2D eigenvalue weighted by Crippen LogP contribution is 2.31. The van der Waals surface area contributed by atoms with Crippen LogP contribution < -0.4 is 10.2 Å². The highest BCUT2D eigenvalue weighted by atomic mass is 19.1. The fourth-order valence-electron chi connectivity index (χ4n) is 2.55. The van der Waals surface area contributed by atoms with Gasteiger partial charge in [0, 0.05) is 5.69 Å². The van der Waals surface area contributed by atoms with Gasteiger partial charge < -0.3 is 23.8 Å². The summed E-state index contributed by atoms with van der Waals surface area (Å²) in [5, 5.41) is 2.49. The molecule has 1 aliphatic heterocycles. The first-order chi connectivity index (χ1) is 13.6. The molecular formula is C19H23FN2O7. The Morgan fingerprint density at radius 3 is 2.38 bits per heavy atom. The monoisotopic (exact) mass is 410 g/mol. The van der Waals surface area contributed by atoms with Gasteiger partial charge in [0.25, 0.3) is 0 Å². The number of hydrogen-bond donors (Lipinski definition) is 1. The Morgan fingerprint density at radius 2 is 1.79 bits per heavy atom. The van der Waals surface area contributed by atoms with Crippen molar-refractivity contribution in [3.8, 4) is 0 Å². The maximum Gasteiger partial charge on any atom is 0.412 e. The van der Waals surface area contributed by atoms with Crippen LogP contribution in [-0.4, -0.2) is 51.2 Å². The van der Waals surface area contributed by atoms with E-state index in [1.54, 1.807) is 20.8 Å². The molecule has 9 nitrogen and oxygen atoms in total. The SMILES string of the molecule is COC(=O)C1=C(C(=O)OC)N(c2cc(NC(=O)OC(C)(C)C)ccc2F)COC1. The van der Waals surface area contributed by atoms with Crippen LogP contribution in [0.5, 0.6) is 0 Å². The maximum atomic E-state index is 14.6. The molecule has 10 heteroatoms. The molecule has 0 bridgehead atoms. The standard InChI is InChI=1S/C19H23FN2O7/c1-19(2,3)29-18(25)21-11-6-7-13(20)14(8-11)22-10-28-9-12(16(23)26-4)15(22)17(24)27-5/h6-8H,9-10H2,1-5H3,(H,21,25). The minimum atomic E-state index is -0.862. The molecule has 2 rings (SSSR count). The van der Waals surface area contributed by atoms with E-state index in [1.807, 2.05) is 0 Å². The predicted octanol–water partition coefficient (Wildman–Crippen LogP) is 2.57. The molecule has 1 N–H and O–H groups in total. The van der Waals surface area contributed by atoms with Gasteiger partial charge in [-0.3, -0.25) is 5.32 Å². The highest BCUT2D eigenvalue weighted by molar-refractivity contribution is 6.03. The van der Waals surface area contributed by atoms with E-state index in [2.05, 4.69) is 10.1 Å². The Morgan fingerprint density at radius 1 is 1.14 bits per heavy atom. The number of halogens is 1. The number of nitrogens with zero attached hydrogens (tertiary/aromatic N) is 1. The summed E-state index contributed by atoms with van der Waals surface area (Å²) in [6, 6.07) is 3.71. The van der Waals surface area contributed by atoms with Gasteiger partial charge >= 0.3 is 18.0 Å². The third-order valence-corrected chi connectivity index (χ3v) is 3.72.